The summed E-state index contributed by atoms with van der Waals surface area (Å²) in [5, 5.41) is 0. The van der Waals surface area contributed by atoms with Gasteiger partial charge in [0.1, 0.15) is 0 Å². The van der Waals surface area contributed by atoms with Gasteiger partial charge >= 0.3 is 5.97 Å². The lowest BCUT2D eigenvalue weighted by Crippen LogP contribution is -2.47. The quantitative estimate of drug-likeness (QED) is 0.714. The maximum atomic E-state index is 14.7. The molecule has 1 aliphatic heterocycles. The van der Waals surface area contributed by atoms with Crippen LogP contribution in [0.3, 0.4) is 0 Å². The fourth-order valence-electron chi connectivity index (χ4n) is 2.84. The lowest BCUT2D eigenvalue weighted by molar-refractivity contribution is -0.155. The molecule has 0 bridgehead atoms. The monoisotopic (exact) mass is 337 g/mol. The van der Waals surface area contributed by atoms with Crippen LogP contribution in [-0.4, -0.2) is 56.4 Å². The molecule has 1 saturated heterocycles. The first-order valence-electron chi connectivity index (χ1n) is 8.26. The first-order chi connectivity index (χ1) is 11.6. The summed E-state index contributed by atoms with van der Waals surface area (Å²) >= 11 is 0. The highest BCUT2D eigenvalue weighted by atomic mass is 19.1. The molecule has 0 spiro atoms. The Hall–Kier alpha value is -1.95. The lowest BCUT2D eigenvalue weighted by atomic mass is 9.94. The molecule has 1 aromatic carbocycles. The van der Waals surface area contributed by atoms with E-state index in [-0.39, 0.29) is 6.42 Å². The van der Waals surface area contributed by atoms with Crippen LogP contribution in [0.5, 0.6) is 0 Å². The van der Waals surface area contributed by atoms with Crippen molar-refractivity contribution in [2.75, 3.05) is 33.4 Å². The number of methoxy groups -OCH3 is 1. The van der Waals surface area contributed by atoms with Gasteiger partial charge in [-0.2, -0.15) is 0 Å². The van der Waals surface area contributed by atoms with E-state index in [1.807, 2.05) is 30.3 Å². The minimum atomic E-state index is -1.87. The number of alkyl halides is 1. The third kappa shape index (κ3) is 5.03. The van der Waals surface area contributed by atoms with Gasteiger partial charge in [0.15, 0.2) is 6.17 Å². The molecule has 2 rings (SSSR count). The average Bonchev–Trinajstić information content (AvgIpc) is 2.65. The van der Waals surface area contributed by atoms with E-state index in [0.29, 0.717) is 32.7 Å². The molecule has 132 valence electrons. The van der Waals surface area contributed by atoms with Crippen LogP contribution in [-0.2, 0) is 25.5 Å². The number of hydrogen-bond acceptors (Lipinski definition) is 4. The summed E-state index contributed by atoms with van der Waals surface area (Å²) in [6.45, 7) is 1.51. The molecule has 1 heterocycles. The molecule has 1 unspecified atom stereocenters. The van der Waals surface area contributed by atoms with Crippen LogP contribution < -0.4 is 0 Å². The molecule has 6 heteroatoms. The van der Waals surface area contributed by atoms with Gasteiger partial charge in [-0.15, -0.1) is 0 Å². The van der Waals surface area contributed by atoms with Crippen molar-refractivity contribution in [3.05, 3.63) is 35.9 Å². The van der Waals surface area contributed by atoms with Crippen molar-refractivity contribution in [2.24, 2.45) is 5.92 Å². The number of halogens is 1. The van der Waals surface area contributed by atoms with Crippen LogP contribution in [0, 0.1) is 5.92 Å². The van der Waals surface area contributed by atoms with Crippen molar-refractivity contribution in [1.82, 2.24) is 4.90 Å². The topological polar surface area (TPSA) is 55.8 Å². The predicted molar refractivity (Wildman–Crippen MR) is 87.2 cm³/mol. The summed E-state index contributed by atoms with van der Waals surface area (Å²) in [6, 6.07) is 9.78. The normalized spacial score (nSPS) is 17.2. The van der Waals surface area contributed by atoms with Crippen LogP contribution in [0.25, 0.3) is 0 Å². The Morgan fingerprint density at radius 2 is 1.92 bits per heavy atom. The largest absolute Gasteiger partial charge is 0.469 e. The number of nitrogens with zero attached hydrogens (tertiary/aromatic N) is 1. The minimum Gasteiger partial charge on any atom is -0.469 e. The molecule has 5 nitrogen and oxygen atoms in total. The summed E-state index contributed by atoms with van der Waals surface area (Å²) in [4.78, 5) is 25.6. The maximum absolute atomic E-state index is 14.7. The molecule has 2 atom stereocenters. The Morgan fingerprint density at radius 1 is 1.25 bits per heavy atom. The zero-order valence-corrected chi connectivity index (χ0v) is 13.9. The molecule has 0 saturated carbocycles. The molecule has 0 aromatic heterocycles. The van der Waals surface area contributed by atoms with Gasteiger partial charge in [-0.05, 0) is 24.8 Å². The number of amides is 1. The van der Waals surface area contributed by atoms with Crippen LogP contribution in [0.15, 0.2) is 30.3 Å². The summed E-state index contributed by atoms with van der Waals surface area (Å²) in [5.41, 5.74) is 1.12. The van der Waals surface area contributed by atoms with Gasteiger partial charge in [-0.1, -0.05) is 30.3 Å². The van der Waals surface area contributed by atoms with E-state index in [2.05, 4.69) is 0 Å². The first kappa shape index (κ1) is 18.4. The number of aryl methyl sites for hydroxylation is 1. The summed E-state index contributed by atoms with van der Waals surface area (Å²) in [7, 11) is 1.22. The van der Waals surface area contributed by atoms with E-state index < -0.39 is 24.0 Å². The van der Waals surface area contributed by atoms with Gasteiger partial charge in [0.2, 0.25) is 0 Å². The number of rotatable bonds is 7. The Morgan fingerprint density at radius 3 is 2.54 bits per heavy atom. The molecule has 1 fully saturated rings. The van der Waals surface area contributed by atoms with Crippen LogP contribution >= 0.6 is 0 Å². The molecule has 0 radical (unpaired) electrons. The summed E-state index contributed by atoms with van der Waals surface area (Å²) in [6.07, 6.45) is -0.252. The van der Waals surface area contributed by atoms with Crippen molar-refractivity contribution in [3.63, 3.8) is 0 Å². The van der Waals surface area contributed by atoms with E-state index in [4.69, 9.17) is 9.47 Å². The van der Waals surface area contributed by atoms with Gasteiger partial charge in [-0.25, -0.2) is 4.39 Å². The predicted octanol–water partition coefficient (Wildman–Crippen LogP) is 2.00. The van der Waals surface area contributed by atoms with Gasteiger partial charge in [0.05, 0.1) is 26.2 Å². The van der Waals surface area contributed by atoms with Gasteiger partial charge < -0.3 is 14.4 Å². The molecule has 1 aliphatic rings. The molecular formula is C18H24FNO4. The highest BCUT2D eigenvalue weighted by molar-refractivity contribution is 5.87. The molecule has 1 aromatic rings. The number of benzene rings is 1. The number of esters is 1. The number of morpholine rings is 1. The van der Waals surface area contributed by atoms with Gasteiger partial charge in [0.25, 0.3) is 5.91 Å². The summed E-state index contributed by atoms with van der Waals surface area (Å²) in [5.74, 6) is -2.38. The third-order valence-corrected chi connectivity index (χ3v) is 4.24. The van der Waals surface area contributed by atoms with Crippen molar-refractivity contribution in [3.8, 4) is 0 Å². The number of ether oxygens (including phenoxy) is 2. The number of carbonyl (C=O) groups is 2. The zero-order valence-electron chi connectivity index (χ0n) is 13.9. The fraction of sp³-hybridized carbons (Fsp3) is 0.556. The Labute approximate surface area is 141 Å². The second kappa shape index (κ2) is 9.37. The van der Waals surface area contributed by atoms with E-state index >= 15 is 0 Å². The number of hydrogen-bond donors (Lipinski definition) is 0. The van der Waals surface area contributed by atoms with E-state index in [1.54, 1.807) is 0 Å². The first-order valence-corrected chi connectivity index (χ1v) is 8.26. The second-order valence-corrected chi connectivity index (χ2v) is 5.85. The van der Waals surface area contributed by atoms with Crippen molar-refractivity contribution in [2.45, 2.75) is 25.4 Å². The van der Waals surface area contributed by atoms with Crippen LogP contribution in [0.4, 0.5) is 4.39 Å². The summed E-state index contributed by atoms with van der Waals surface area (Å²) < 4.78 is 24.5. The zero-order chi connectivity index (χ0) is 17.4. The Bertz CT molecular complexity index is 531. The highest BCUT2D eigenvalue weighted by Crippen LogP contribution is 2.21. The average molecular weight is 337 g/mol. The Kier molecular flexibility index (Phi) is 7.18. The van der Waals surface area contributed by atoms with E-state index in [0.717, 1.165) is 12.0 Å². The van der Waals surface area contributed by atoms with Gasteiger partial charge in [0, 0.05) is 13.1 Å². The fourth-order valence-corrected chi connectivity index (χ4v) is 2.84. The molecule has 1 amide bonds. The molecule has 0 N–H and O–H groups in total. The van der Waals surface area contributed by atoms with Crippen molar-refractivity contribution in [1.29, 1.82) is 0 Å². The standard InChI is InChI=1S/C18H24FNO4/c1-23-18(22)15(9-5-8-14-6-3-2-4-7-14)16(19)17(21)20-10-12-24-13-11-20/h2-4,6-7,15-16H,5,8-13H2,1H3/t15?,16-/m1/s1. The van der Waals surface area contributed by atoms with Gasteiger partial charge in [-0.3, -0.25) is 9.59 Å². The smallest absolute Gasteiger partial charge is 0.312 e. The molecule has 0 aliphatic carbocycles. The molecular weight excluding hydrogens is 313 g/mol. The maximum Gasteiger partial charge on any atom is 0.312 e. The third-order valence-electron chi connectivity index (χ3n) is 4.24. The van der Waals surface area contributed by atoms with Crippen molar-refractivity contribution < 1.29 is 23.5 Å². The van der Waals surface area contributed by atoms with Crippen molar-refractivity contribution >= 4 is 11.9 Å². The van der Waals surface area contributed by atoms with Crippen LogP contribution in [0.1, 0.15) is 18.4 Å². The molecule has 24 heavy (non-hydrogen) atoms. The highest BCUT2D eigenvalue weighted by Gasteiger charge is 2.37. The lowest BCUT2D eigenvalue weighted by Gasteiger charge is -2.29. The van der Waals surface area contributed by atoms with E-state index in [1.165, 1.54) is 12.0 Å². The number of carbonyl (C=O) groups excluding carboxylic acids is 2. The van der Waals surface area contributed by atoms with E-state index in [9.17, 15) is 14.0 Å². The van der Waals surface area contributed by atoms with Crippen LogP contribution in [0.2, 0.25) is 0 Å². The Balaban J connectivity index is 1.93. The SMILES string of the molecule is COC(=O)C(CCCc1ccccc1)[C@@H](F)C(=O)N1CCOCC1. The second-order valence-electron chi connectivity index (χ2n) is 5.85. The minimum absolute atomic E-state index is 0.277.